The Morgan fingerprint density at radius 1 is 1.53 bits per heavy atom. The number of amides is 1. The van der Waals surface area contributed by atoms with Crippen LogP contribution in [0.4, 0.5) is 4.79 Å². The van der Waals surface area contributed by atoms with Gasteiger partial charge in [-0.2, -0.15) is 0 Å². The predicted octanol–water partition coefficient (Wildman–Crippen LogP) is 1.40. The average Bonchev–Trinajstić information content (AvgIpc) is 2.62. The summed E-state index contributed by atoms with van der Waals surface area (Å²) in [4.78, 5) is 17.7. The Hall–Kier alpha value is -1.28. The van der Waals surface area contributed by atoms with Gasteiger partial charge >= 0.3 is 6.09 Å². The second kappa shape index (κ2) is 5.79. The molecule has 1 amide bonds. The number of halogens is 1. The van der Waals surface area contributed by atoms with Crippen LogP contribution in [0.25, 0.3) is 0 Å². The van der Waals surface area contributed by atoms with Crippen LogP contribution in [0.2, 0.25) is 0 Å². The van der Waals surface area contributed by atoms with Crippen molar-refractivity contribution in [2.75, 3.05) is 6.54 Å². The number of H-pyrrole nitrogens is 1. The standard InChI is InChI=1S/C10H16ClN3O4S/c1-10(2,3)18-9(15)12-5-4-7-8(14-6-13-7)19(11,16)17/h6H,4-5H2,1-3H3,(H,12,15)(H,13,14). The smallest absolute Gasteiger partial charge is 0.407 e. The van der Waals surface area contributed by atoms with Crippen LogP contribution in [-0.2, 0) is 20.2 Å². The number of aromatic nitrogens is 2. The van der Waals surface area contributed by atoms with Gasteiger partial charge in [0.05, 0.1) is 12.0 Å². The van der Waals surface area contributed by atoms with E-state index in [0.29, 0.717) is 5.69 Å². The van der Waals surface area contributed by atoms with Crippen molar-refractivity contribution in [1.29, 1.82) is 0 Å². The zero-order chi connectivity index (χ0) is 14.7. The van der Waals surface area contributed by atoms with E-state index in [-0.39, 0.29) is 18.0 Å². The molecule has 1 rings (SSSR count). The molecule has 108 valence electrons. The Morgan fingerprint density at radius 3 is 2.68 bits per heavy atom. The first-order valence-corrected chi connectivity index (χ1v) is 7.84. The fourth-order valence-corrected chi connectivity index (χ4v) is 2.33. The lowest BCUT2D eigenvalue weighted by atomic mass is 10.2. The molecule has 0 saturated carbocycles. The van der Waals surface area contributed by atoms with E-state index in [1.807, 2.05) is 0 Å². The molecule has 1 heterocycles. The molecule has 0 aliphatic heterocycles. The van der Waals surface area contributed by atoms with Crippen molar-refractivity contribution in [2.45, 2.75) is 37.8 Å². The molecule has 0 spiro atoms. The van der Waals surface area contributed by atoms with Gasteiger partial charge in [0.1, 0.15) is 5.60 Å². The lowest BCUT2D eigenvalue weighted by molar-refractivity contribution is 0.0528. The van der Waals surface area contributed by atoms with Crippen LogP contribution < -0.4 is 5.32 Å². The number of ether oxygens (including phenoxy) is 1. The van der Waals surface area contributed by atoms with Gasteiger partial charge in [-0.3, -0.25) is 0 Å². The Balaban J connectivity index is 2.51. The van der Waals surface area contributed by atoms with Gasteiger partial charge in [0.25, 0.3) is 9.05 Å². The molecule has 0 unspecified atom stereocenters. The summed E-state index contributed by atoms with van der Waals surface area (Å²) in [5.41, 5.74) is -0.242. The quantitative estimate of drug-likeness (QED) is 0.819. The van der Waals surface area contributed by atoms with E-state index < -0.39 is 20.7 Å². The first-order chi connectivity index (χ1) is 8.59. The molecule has 0 bridgehead atoms. The first kappa shape index (κ1) is 15.8. The van der Waals surface area contributed by atoms with Crippen molar-refractivity contribution >= 4 is 25.8 Å². The Labute approximate surface area is 116 Å². The van der Waals surface area contributed by atoms with Crippen molar-refractivity contribution in [2.24, 2.45) is 0 Å². The fourth-order valence-electron chi connectivity index (χ4n) is 1.30. The number of rotatable bonds is 4. The third-order valence-corrected chi connectivity index (χ3v) is 3.21. The normalized spacial score (nSPS) is 12.2. The summed E-state index contributed by atoms with van der Waals surface area (Å²) in [5.74, 6) is 0. The van der Waals surface area contributed by atoms with Crippen LogP contribution in [0.5, 0.6) is 0 Å². The van der Waals surface area contributed by atoms with Crippen LogP contribution in [-0.4, -0.2) is 36.6 Å². The second-order valence-corrected chi connectivity index (χ2v) is 7.28. The van der Waals surface area contributed by atoms with Crippen molar-refractivity contribution in [3.05, 3.63) is 12.0 Å². The molecule has 0 aromatic carbocycles. The highest BCUT2D eigenvalue weighted by Gasteiger charge is 2.19. The summed E-state index contributed by atoms with van der Waals surface area (Å²) in [6.45, 7) is 5.45. The zero-order valence-corrected chi connectivity index (χ0v) is 12.4. The van der Waals surface area contributed by atoms with Gasteiger partial charge in [-0.25, -0.2) is 18.2 Å². The largest absolute Gasteiger partial charge is 0.444 e. The van der Waals surface area contributed by atoms with E-state index in [1.165, 1.54) is 6.33 Å². The number of carbonyl (C=O) groups excluding carboxylic acids is 1. The minimum Gasteiger partial charge on any atom is -0.444 e. The SMILES string of the molecule is CC(C)(C)OC(=O)NCCc1[nH]cnc1S(=O)(=O)Cl. The number of hydrogen-bond acceptors (Lipinski definition) is 5. The van der Waals surface area contributed by atoms with Gasteiger partial charge in [-0.05, 0) is 20.8 Å². The fraction of sp³-hybridized carbons (Fsp3) is 0.600. The highest BCUT2D eigenvalue weighted by molar-refractivity contribution is 8.13. The van der Waals surface area contributed by atoms with Gasteiger partial charge < -0.3 is 15.0 Å². The van der Waals surface area contributed by atoms with E-state index in [2.05, 4.69) is 15.3 Å². The van der Waals surface area contributed by atoms with E-state index in [1.54, 1.807) is 20.8 Å². The molecule has 0 fully saturated rings. The number of nitrogens with one attached hydrogen (secondary N) is 2. The lowest BCUT2D eigenvalue weighted by Gasteiger charge is -2.19. The second-order valence-electron chi connectivity index (χ2n) is 4.80. The molecule has 0 radical (unpaired) electrons. The summed E-state index contributed by atoms with van der Waals surface area (Å²) in [6, 6.07) is 0. The van der Waals surface area contributed by atoms with Crippen LogP contribution >= 0.6 is 10.7 Å². The molecule has 0 atom stereocenters. The lowest BCUT2D eigenvalue weighted by Crippen LogP contribution is -2.33. The number of nitrogens with zero attached hydrogens (tertiary/aromatic N) is 1. The first-order valence-electron chi connectivity index (χ1n) is 5.53. The van der Waals surface area contributed by atoms with Crippen molar-refractivity contribution in [3.8, 4) is 0 Å². The van der Waals surface area contributed by atoms with Gasteiger partial charge in [-0.1, -0.05) is 0 Å². The van der Waals surface area contributed by atoms with Crippen molar-refractivity contribution in [3.63, 3.8) is 0 Å². The Morgan fingerprint density at radius 2 is 2.16 bits per heavy atom. The van der Waals surface area contributed by atoms with Gasteiger partial charge in [0.15, 0.2) is 5.03 Å². The molecule has 19 heavy (non-hydrogen) atoms. The molecule has 2 N–H and O–H groups in total. The summed E-state index contributed by atoms with van der Waals surface area (Å²) in [6.07, 6.45) is 0.917. The topological polar surface area (TPSA) is 101 Å². The molecule has 1 aromatic heterocycles. The van der Waals surface area contributed by atoms with E-state index >= 15 is 0 Å². The van der Waals surface area contributed by atoms with Crippen LogP contribution in [0.15, 0.2) is 11.4 Å². The van der Waals surface area contributed by atoms with Gasteiger partial charge in [0, 0.05) is 23.6 Å². The minimum atomic E-state index is -3.88. The summed E-state index contributed by atoms with van der Waals surface area (Å²) < 4.78 is 27.4. The molecular formula is C10H16ClN3O4S. The number of alkyl carbamates (subject to hydrolysis) is 1. The summed E-state index contributed by atoms with van der Waals surface area (Å²) in [7, 11) is 1.33. The van der Waals surface area contributed by atoms with Gasteiger partial charge in [-0.15, -0.1) is 0 Å². The van der Waals surface area contributed by atoms with E-state index in [0.717, 1.165) is 0 Å². The maximum absolute atomic E-state index is 11.4. The maximum Gasteiger partial charge on any atom is 0.407 e. The van der Waals surface area contributed by atoms with E-state index in [9.17, 15) is 13.2 Å². The maximum atomic E-state index is 11.4. The molecule has 0 aliphatic carbocycles. The molecule has 7 nitrogen and oxygen atoms in total. The zero-order valence-electron chi connectivity index (χ0n) is 10.9. The van der Waals surface area contributed by atoms with Crippen LogP contribution in [0.3, 0.4) is 0 Å². The predicted molar refractivity (Wildman–Crippen MR) is 69.6 cm³/mol. The number of carbonyl (C=O) groups is 1. The Bertz CT molecular complexity index is 547. The highest BCUT2D eigenvalue weighted by Crippen LogP contribution is 2.15. The van der Waals surface area contributed by atoms with Crippen LogP contribution in [0.1, 0.15) is 26.5 Å². The third kappa shape index (κ3) is 5.48. The number of aromatic amines is 1. The van der Waals surface area contributed by atoms with Crippen molar-refractivity contribution < 1.29 is 17.9 Å². The van der Waals surface area contributed by atoms with E-state index in [4.69, 9.17) is 15.4 Å². The molecular weight excluding hydrogens is 294 g/mol. The molecule has 0 aliphatic rings. The third-order valence-electron chi connectivity index (χ3n) is 1.95. The number of imidazole rings is 1. The van der Waals surface area contributed by atoms with Crippen LogP contribution in [0, 0.1) is 0 Å². The van der Waals surface area contributed by atoms with Gasteiger partial charge in [0.2, 0.25) is 0 Å². The Kier molecular flexibility index (Phi) is 4.81. The monoisotopic (exact) mass is 309 g/mol. The molecule has 9 heteroatoms. The molecule has 1 aromatic rings. The molecule has 0 saturated heterocycles. The highest BCUT2D eigenvalue weighted by atomic mass is 35.7. The summed E-state index contributed by atoms with van der Waals surface area (Å²) in [5, 5.41) is 2.29. The average molecular weight is 310 g/mol. The number of hydrogen-bond donors (Lipinski definition) is 2. The summed E-state index contributed by atoms with van der Waals surface area (Å²) >= 11 is 0. The minimum absolute atomic E-state index is 0.205. The van der Waals surface area contributed by atoms with Crippen molar-refractivity contribution in [1.82, 2.24) is 15.3 Å².